The van der Waals surface area contributed by atoms with E-state index in [0.29, 0.717) is 17.6 Å². The van der Waals surface area contributed by atoms with Crippen molar-refractivity contribution in [3.8, 4) is 23.0 Å². The molecule has 2 N–H and O–H groups in total. The van der Waals surface area contributed by atoms with Crippen LogP contribution in [-0.4, -0.2) is 29.7 Å². The zero-order chi connectivity index (χ0) is 14.5. The first-order valence-electron chi connectivity index (χ1n) is 5.39. The summed E-state index contributed by atoms with van der Waals surface area (Å²) in [7, 11) is 1.41. The Bertz CT molecular complexity index is 637. The highest BCUT2D eigenvalue weighted by Gasteiger charge is 2.14. The van der Waals surface area contributed by atoms with Crippen molar-refractivity contribution in [2.24, 2.45) is 0 Å². The molecule has 0 aliphatic carbocycles. The van der Waals surface area contributed by atoms with Gasteiger partial charge in [0.1, 0.15) is 5.76 Å². The molecule has 2 rings (SSSR count). The molecule has 0 aromatic carbocycles. The summed E-state index contributed by atoms with van der Waals surface area (Å²) in [6.07, 6.45) is 0.736. The molecule has 104 valence electrons. The third-order valence-electron chi connectivity index (χ3n) is 2.33. The first-order chi connectivity index (χ1) is 9.67. The van der Waals surface area contributed by atoms with E-state index in [0.717, 1.165) is 0 Å². The number of pyridine rings is 1. The van der Waals surface area contributed by atoms with Crippen LogP contribution in [0.1, 0.15) is 10.6 Å². The van der Waals surface area contributed by atoms with E-state index < -0.39 is 6.09 Å². The fourth-order valence-corrected chi connectivity index (χ4v) is 1.52. The minimum atomic E-state index is -1.06. The van der Waals surface area contributed by atoms with Gasteiger partial charge in [-0.05, 0) is 18.2 Å². The smallest absolute Gasteiger partial charge is 0.436 e. The minimum absolute atomic E-state index is 0.0661. The number of nitrogens with one attached hydrogen (secondary N) is 1. The molecule has 0 aliphatic heterocycles. The SMILES string of the molecule is COc1ncc(OC(=O)NO)cc1-c1ccc(C=O)o1. The highest BCUT2D eigenvalue weighted by molar-refractivity contribution is 5.75. The second-order valence-corrected chi connectivity index (χ2v) is 3.55. The zero-order valence-electron chi connectivity index (χ0n) is 10.3. The molecular weight excluding hydrogens is 268 g/mol. The Labute approximate surface area is 112 Å². The molecule has 2 aromatic heterocycles. The van der Waals surface area contributed by atoms with Crippen molar-refractivity contribution in [1.82, 2.24) is 10.5 Å². The monoisotopic (exact) mass is 278 g/mol. The molecule has 2 aromatic rings. The van der Waals surface area contributed by atoms with Gasteiger partial charge in [-0.3, -0.25) is 10.0 Å². The van der Waals surface area contributed by atoms with Crippen LogP contribution in [-0.2, 0) is 0 Å². The van der Waals surface area contributed by atoms with Crippen molar-refractivity contribution in [1.29, 1.82) is 0 Å². The van der Waals surface area contributed by atoms with Crippen LogP contribution in [0.25, 0.3) is 11.3 Å². The van der Waals surface area contributed by atoms with Gasteiger partial charge in [0.2, 0.25) is 5.88 Å². The van der Waals surface area contributed by atoms with Crippen LogP contribution in [0.2, 0.25) is 0 Å². The Balaban J connectivity index is 2.40. The Kier molecular flexibility index (Phi) is 3.96. The van der Waals surface area contributed by atoms with E-state index in [4.69, 9.17) is 19.1 Å². The predicted molar refractivity (Wildman–Crippen MR) is 64.8 cm³/mol. The van der Waals surface area contributed by atoms with Gasteiger partial charge in [-0.25, -0.2) is 15.3 Å². The van der Waals surface area contributed by atoms with Gasteiger partial charge in [-0.1, -0.05) is 0 Å². The van der Waals surface area contributed by atoms with Gasteiger partial charge in [0.25, 0.3) is 0 Å². The number of aromatic nitrogens is 1. The van der Waals surface area contributed by atoms with Crippen LogP contribution in [0.4, 0.5) is 4.79 Å². The number of hydrogen-bond donors (Lipinski definition) is 2. The number of rotatable bonds is 4. The van der Waals surface area contributed by atoms with Crippen LogP contribution in [0.5, 0.6) is 11.6 Å². The lowest BCUT2D eigenvalue weighted by molar-refractivity contribution is 0.110. The van der Waals surface area contributed by atoms with Crippen LogP contribution >= 0.6 is 0 Å². The van der Waals surface area contributed by atoms with Gasteiger partial charge in [0, 0.05) is 0 Å². The number of furan rings is 1. The lowest BCUT2D eigenvalue weighted by Crippen LogP contribution is -2.22. The molecule has 0 saturated carbocycles. The lowest BCUT2D eigenvalue weighted by atomic mass is 10.2. The lowest BCUT2D eigenvalue weighted by Gasteiger charge is -2.07. The third-order valence-corrected chi connectivity index (χ3v) is 2.33. The normalized spacial score (nSPS) is 9.90. The number of hydrogen-bond acceptors (Lipinski definition) is 7. The molecule has 0 unspecified atom stereocenters. The first kappa shape index (κ1) is 13.6. The summed E-state index contributed by atoms with van der Waals surface area (Å²) in [6.45, 7) is 0. The highest BCUT2D eigenvalue weighted by Crippen LogP contribution is 2.32. The molecule has 0 fully saturated rings. The molecule has 0 bridgehead atoms. The fraction of sp³-hybridized carbons (Fsp3) is 0.0833. The molecule has 0 spiro atoms. The molecule has 0 radical (unpaired) electrons. The number of nitrogens with zero attached hydrogens (tertiary/aromatic N) is 1. The predicted octanol–water partition coefficient (Wildman–Crippen LogP) is 1.64. The van der Waals surface area contributed by atoms with Crippen LogP contribution in [0.3, 0.4) is 0 Å². The Morgan fingerprint density at radius 1 is 1.50 bits per heavy atom. The zero-order valence-corrected chi connectivity index (χ0v) is 10.3. The molecule has 8 heteroatoms. The Hall–Kier alpha value is -2.87. The van der Waals surface area contributed by atoms with Gasteiger partial charge in [-0.2, -0.15) is 0 Å². The summed E-state index contributed by atoms with van der Waals surface area (Å²) >= 11 is 0. The van der Waals surface area contributed by atoms with Crippen molar-refractivity contribution in [3.63, 3.8) is 0 Å². The maximum atomic E-state index is 10.9. The maximum absolute atomic E-state index is 10.9. The van der Waals surface area contributed by atoms with Crippen molar-refractivity contribution in [2.45, 2.75) is 0 Å². The summed E-state index contributed by atoms with van der Waals surface area (Å²) in [5.41, 5.74) is 1.72. The van der Waals surface area contributed by atoms with Gasteiger partial charge in [-0.15, -0.1) is 0 Å². The summed E-state index contributed by atoms with van der Waals surface area (Å²) in [5, 5.41) is 8.39. The van der Waals surface area contributed by atoms with Crippen molar-refractivity contribution >= 4 is 12.4 Å². The van der Waals surface area contributed by atoms with E-state index in [1.54, 1.807) is 6.07 Å². The van der Waals surface area contributed by atoms with Gasteiger partial charge in [0.15, 0.2) is 17.8 Å². The molecule has 20 heavy (non-hydrogen) atoms. The van der Waals surface area contributed by atoms with E-state index in [-0.39, 0.29) is 17.4 Å². The fourth-order valence-electron chi connectivity index (χ4n) is 1.52. The Morgan fingerprint density at radius 3 is 2.90 bits per heavy atom. The molecular formula is C12H10N2O6. The molecule has 8 nitrogen and oxygen atoms in total. The molecule has 0 atom stereocenters. The van der Waals surface area contributed by atoms with Crippen LogP contribution in [0.15, 0.2) is 28.8 Å². The Morgan fingerprint density at radius 2 is 2.30 bits per heavy atom. The average Bonchev–Trinajstić information content (AvgIpc) is 2.95. The summed E-state index contributed by atoms with van der Waals surface area (Å²) in [5.74, 6) is 0.762. The number of carbonyl (C=O) groups excluding carboxylic acids is 2. The summed E-state index contributed by atoms with van der Waals surface area (Å²) in [6, 6.07) is 4.46. The van der Waals surface area contributed by atoms with Crippen LogP contribution in [0, 0.1) is 0 Å². The average molecular weight is 278 g/mol. The molecule has 2 heterocycles. The molecule has 0 aliphatic rings. The largest absolute Gasteiger partial charge is 0.480 e. The van der Waals surface area contributed by atoms with Crippen LogP contribution < -0.4 is 15.0 Å². The third kappa shape index (κ3) is 2.75. The van der Waals surface area contributed by atoms with E-state index in [1.807, 2.05) is 0 Å². The molecule has 1 amide bonds. The number of aldehydes is 1. The topological polar surface area (TPSA) is 111 Å². The number of hydroxylamine groups is 1. The standard InChI is InChI=1S/C12H10N2O6/c1-18-11-9(10-3-2-7(6-15)19-10)4-8(5-13-11)20-12(16)14-17/h2-6,17H,1H3,(H,14,16). The van der Waals surface area contributed by atoms with Crippen molar-refractivity contribution in [3.05, 3.63) is 30.2 Å². The van der Waals surface area contributed by atoms with E-state index in [9.17, 15) is 9.59 Å². The van der Waals surface area contributed by atoms with Gasteiger partial charge < -0.3 is 13.9 Å². The quantitative estimate of drug-likeness (QED) is 0.496. The summed E-state index contributed by atoms with van der Waals surface area (Å²) < 4.78 is 15.0. The number of amides is 1. The second kappa shape index (κ2) is 5.85. The number of carbonyl (C=O) groups is 2. The van der Waals surface area contributed by atoms with E-state index >= 15 is 0 Å². The van der Waals surface area contributed by atoms with E-state index in [1.165, 1.54) is 30.9 Å². The molecule has 0 saturated heterocycles. The van der Waals surface area contributed by atoms with Crippen molar-refractivity contribution in [2.75, 3.05) is 7.11 Å². The van der Waals surface area contributed by atoms with Gasteiger partial charge in [0.05, 0.1) is 18.9 Å². The number of methoxy groups -OCH3 is 1. The maximum Gasteiger partial charge on any atom is 0.436 e. The van der Waals surface area contributed by atoms with Crippen molar-refractivity contribution < 1.29 is 28.7 Å². The first-order valence-corrected chi connectivity index (χ1v) is 5.39. The summed E-state index contributed by atoms with van der Waals surface area (Å²) in [4.78, 5) is 25.5. The number of ether oxygens (including phenoxy) is 2. The second-order valence-electron chi connectivity index (χ2n) is 3.55. The minimum Gasteiger partial charge on any atom is -0.480 e. The highest BCUT2D eigenvalue weighted by atomic mass is 16.6. The van der Waals surface area contributed by atoms with E-state index in [2.05, 4.69) is 4.98 Å². The van der Waals surface area contributed by atoms with Gasteiger partial charge >= 0.3 is 6.09 Å².